The summed E-state index contributed by atoms with van der Waals surface area (Å²) < 4.78 is 37.7. The highest BCUT2D eigenvalue weighted by molar-refractivity contribution is 5.44. The van der Waals surface area contributed by atoms with Crippen LogP contribution in [0.4, 0.5) is 8.78 Å². The summed E-state index contributed by atoms with van der Waals surface area (Å²) in [5, 5.41) is 30.3. The van der Waals surface area contributed by atoms with Gasteiger partial charge < -0.3 is 9.84 Å². The maximum Gasteiger partial charge on any atom is 0.319 e. The van der Waals surface area contributed by atoms with Crippen molar-refractivity contribution >= 4 is 0 Å². The van der Waals surface area contributed by atoms with Crippen LogP contribution < -0.4 is 4.74 Å². The van der Waals surface area contributed by atoms with Crippen LogP contribution in [0.15, 0.2) is 73.2 Å². The summed E-state index contributed by atoms with van der Waals surface area (Å²) in [6.45, 7) is 2.87. The fraction of sp³-hybridized carbons (Fsp3) is 0.250. The van der Waals surface area contributed by atoms with E-state index in [-0.39, 0.29) is 0 Å². The molecule has 1 unspecified atom stereocenters. The van der Waals surface area contributed by atoms with Gasteiger partial charge in [-0.3, -0.25) is 4.98 Å². The number of benzene rings is 2. The third-order valence-corrected chi connectivity index (χ3v) is 6.07. The number of pyridine rings is 1. The summed E-state index contributed by atoms with van der Waals surface area (Å²) in [7, 11) is 0. The second kappa shape index (κ2) is 11.2. The topological polar surface area (TPSA) is 110 Å². The predicted molar refractivity (Wildman–Crippen MR) is 134 cm³/mol. The Kier molecular flexibility index (Phi) is 7.75. The summed E-state index contributed by atoms with van der Waals surface area (Å²) in [5.74, 6) is 2.05. The standard InChI is InChI=1S/C28H24F2N6O2/c1-20(2)27(37,18-36-19-33-34-35-36)28(29,30)26-14-11-23(16-32-26)6-3-21-9-12-25(13-10-21)38-17-24-7-4-22(15-31)5-8-24/h4-5,7-14,16,19-20,37H,17-18H2,1-2H3. The molecule has 10 heteroatoms. The van der Waals surface area contributed by atoms with Crippen LogP contribution in [-0.2, 0) is 19.1 Å². The summed E-state index contributed by atoms with van der Waals surface area (Å²) in [4.78, 5) is 3.91. The number of hydrogen-bond donors (Lipinski definition) is 1. The molecule has 192 valence electrons. The third kappa shape index (κ3) is 5.83. The molecule has 1 atom stereocenters. The zero-order valence-corrected chi connectivity index (χ0v) is 20.7. The van der Waals surface area contributed by atoms with Crippen molar-refractivity contribution in [3.05, 3.63) is 101 Å². The second-order valence-electron chi connectivity index (χ2n) is 8.96. The van der Waals surface area contributed by atoms with E-state index in [9.17, 15) is 5.11 Å². The van der Waals surface area contributed by atoms with E-state index in [2.05, 4.69) is 38.4 Å². The van der Waals surface area contributed by atoms with Gasteiger partial charge >= 0.3 is 5.92 Å². The Hall–Kier alpha value is -4.67. The molecule has 0 radical (unpaired) electrons. The van der Waals surface area contributed by atoms with Gasteiger partial charge in [-0.15, -0.1) is 5.10 Å². The molecule has 0 fully saturated rings. The van der Waals surface area contributed by atoms with Crippen LogP contribution in [0.2, 0.25) is 0 Å². The lowest BCUT2D eigenvalue weighted by Gasteiger charge is -2.38. The quantitative estimate of drug-likeness (QED) is 0.353. The predicted octanol–water partition coefficient (Wildman–Crippen LogP) is 4.10. The van der Waals surface area contributed by atoms with Gasteiger partial charge in [-0.05, 0) is 70.4 Å². The average molecular weight is 515 g/mol. The van der Waals surface area contributed by atoms with E-state index in [4.69, 9.17) is 10.00 Å². The number of alkyl halides is 2. The molecule has 0 aliphatic carbocycles. The first kappa shape index (κ1) is 26.4. The molecule has 0 aliphatic rings. The van der Waals surface area contributed by atoms with E-state index in [0.29, 0.717) is 29.0 Å². The number of ether oxygens (including phenoxy) is 1. The molecule has 0 spiro atoms. The third-order valence-electron chi connectivity index (χ3n) is 6.07. The minimum Gasteiger partial charge on any atom is -0.489 e. The Morgan fingerprint density at radius 3 is 2.21 bits per heavy atom. The maximum atomic E-state index is 15.4. The normalized spacial score (nSPS) is 12.8. The van der Waals surface area contributed by atoms with Crippen molar-refractivity contribution in [2.75, 3.05) is 0 Å². The number of nitrogens with zero attached hydrogens (tertiary/aromatic N) is 6. The molecular formula is C28H24F2N6O2. The maximum absolute atomic E-state index is 15.4. The zero-order chi connectivity index (χ0) is 27.2. The lowest BCUT2D eigenvalue weighted by molar-refractivity contribution is -0.220. The molecule has 0 saturated carbocycles. The zero-order valence-electron chi connectivity index (χ0n) is 20.7. The van der Waals surface area contributed by atoms with Gasteiger partial charge in [-0.1, -0.05) is 37.8 Å². The van der Waals surface area contributed by atoms with Gasteiger partial charge in [0.2, 0.25) is 0 Å². The van der Waals surface area contributed by atoms with E-state index in [1.54, 1.807) is 36.4 Å². The number of aliphatic hydroxyl groups is 1. The SMILES string of the molecule is CC(C)C(O)(Cn1cnnn1)C(F)(F)c1ccc(C#Cc2ccc(OCc3ccc(C#N)cc3)cc2)cn1. The van der Waals surface area contributed by atoms with Gasteiger partial charge in [0.25, 0.3) is 0 Å². The van der Waals surface area contributed by atoms with E-state index >= 15 is 8.78 Å². The number of tetrazole rings is 1. The summed E-state index contributed by atoms with van der Waals surface area (Å²) in [6, 6.07) is 19.0. The lowest BCUT2D eigenvalue weighted by atomic mass is 9.82. The first-order valence-electron chi connectivity index (χ1n) is 11.7. The van der Waals surface area contributed by atoms with Gasteiger partial charge in [-0.2, -0.15) is 14.0 Å². The molecule has 0 bridgehead atoms. The van der Waals surface area contributed by atoms with Crippen LogP contribution in [0.5, 0.6) is 5.75 Å². The van der Waals surface area contributed by atoms with Crippen molar-refractivity contribution in [2.24, 2.45) is 5.92 Å². The van der Waals surface area contributed by atoms with E-state index in [1.807, 2.05) is 12.1 Å². The van der Waals surface area contributed by atoms with Gasteiger partial charge in [0.1, 0.15) is 24.4 Å². The van der Waals surface area contributed by atoms with Crippen LogP contribution in [-0.4, -0.2) is 35.9 Å². The van der Waals surface area contributed by atoms with Gasteiger partial charge in [0, 0.05) is 17.3 Å². The highest BCUT2D eigenvalue weighted by atomic mass is 19.3. The Morgan fingerprint density at radius 2 is 1.63 bits per heavy atom. The molecule has 4 rings (SSSR count). The average Bonchev–Trinajstić information content (AvgIpc) is 3.44. The van der Waals surface area contributed by atoms with Crippen LogP contribution in [0.3, 0.4) is 0 Å². The fourth-order valence-corrected chi connectivity index (χ4v) is 3.64. The minimum absolute atomic E-state index is 0.362. The molecule has 1 N–H and O–H groups in total. The fourth-order valence-electron chi connectivity index (χ4n) is 3.64. The largest absolute Gasteiger partial charge is 0.489 e. The van der Waals surface area contributed by atoms with Gasteiger partial charge in [-0.25, -0.2) is 4.68 Å². The molecule has 2 aromatic carbocycles. The summed E-state index contributed by atoms with van der Waals surface area (Å²) >= 11 is 0. The van der Waals surface area contributed by atoms with Gasteiger partial charge in [0.05, 0.1) is 18.2 Å². The van der Waals surface area contributed by atoms with Crippen molar-refractivity contribution < 1.29 is 18.6 Å². The smallest absolute Gasteiger partial charge is 0.319 e. The van der Waals surface area contributed by atoms with E-state index in [0.717, 1.165) is 16.3 Å². The molecule has 8 nitrogen and oxygen atoms in total. The van der Waals surface area contributed by atoms with E-state index < -0.39 is 29.7 Å². The molecule has 38 heavy (non-hydrogen) atoms. The molecule has 2 heterocycles. The molecule has 4 aromatic rings. The van der Waals surface area contributed by atoms with Crippen molar-refractivity contribution in [1.82, 2.24) is 25.2 Å². The number of halogens is 2. The summed E-state index contributed by atoms with van der Waals surface area (Å²) in [5.41, 5.74) is -0.354. The Labute approximate surface area is 218 Å². The second-order valence-corrected chi connectivity index (χ2v) is 8.96. The Bertz CT molecular complexity index is 1450. The highest BCUT2D eigenvalue weighted by Gasteiger charge is 2.57. The van der Waals surface area contributed by atoms with Gasteiger partial charge in [0.15, 0.2) is 5.60 Å². The van der Waals surface area contributed by atoms with Crippen LogP contribution in [0.1, 0.15) is 41.8 Å². The van der Waals surface area contributed by atoms with Crippen molar-refractivity contribution in [3.63, 3.8) is 0 Å². The monoisotopic (exact) mass is 514 g/mol. The number of rotatable bonds is 8. The van der Waals surface area contributed by atoms with Crippen molar-refractivity contribution in [1.29, 1.82) is 5.26 Å². The van der Waals surface area contributed by atoms with Crippen LogP contribution >= 0.6 is 0 Å². The van der Waals surface area contributed by atoms with Crippen molar-refractivity contribution in [3.8, 4) is 23.7 Å². The highest BCUT2D eigenvalue weighted by Crippen LogP contribution is 2.43. The first-order chi connectivity index (χ1) is 18.2. The Morgan fingerprint density at radius 1 is 0.974 bits per heavy atom. The molecule has 2 aromatic heterocycles. The van der Waals surface area contributed by atoms with E-state index in [1.165, 1.54) is 32.4 Å². The minimum atomic E-state index is -3.67. The molecule has 0 amide bonds. The number of aromatic nitrogens is 5. The summed E-state index contributed by atoms with van der Waals surface area (Å²) in [6.07, 6.45) is 2.42. The molecule has 0 aliphatic heterocycles. The van der Waals surface area contributed by atoms with Crippen molar-refractivity contribution in [2.45, 2.75) is 38.5 Å². The number of nitriles is 1. The molecular weight excluding hydrogens is 490 g/mol. The first-order valence-corrected chi connectivity index (χ1v) is 11.7. The van der Waals surface area contributed by atoms with Crippen LogP contribution in [0, 0.1) is 29.1 Å². The molecule has 0 saturated heterocycles. The lowest BCUT2D eigenvalue weighted by Crippen LogP contribution is -2.53. The van der Waals surface area contributed by atoms with Crippen LogP contribution in [0.25, 0.3) is 0 Å². The Balaban J connectivity index is 1.41. The number of hydrogen-bond acceptors (Lipinski definition) is 7.